The summed E-state index contributed by atoms with van der Waals surface area (Å²) in [5, 5.41) is 10.9. The summed E-state index contributed by atoms with van der Waals surface area (Å²) in [5.41, 5.74) is -1.23. The highest BCUT2D eigenvalue weighted by Crippen LogP contribution is 2.42. The van der Waals surface area contributed by atoms with Gasteiger partial charge in [-0.05, 0) is 34.7 Å². The number of thioether (sulfide) groups is 1. The molecule has 1 aromatic heterocycles. The van der Waals surface area contributed by atoms with Crippen molar-refractivity contribution in [1.82, 2.24) is 9.29 Å². The van der Waals surface area contributed by atoms with E-state index in [0.29, 0.717) is 10.8 Å². The number of halogens is 3. The molecule has 0 radical (unpaired) electrons. The second-order valence-electron chi connectivity index (χ2n) is 8.60. The Labute approximate surface area is 219 Å². The molecule has 2 N–H and O–H groups in total. The third-order valence-electron chi connectivity index (χ3n) is 6.23. The van der Waals surface area contributed by atoms with Crippen LogP contribution < -0.4 is 10.3 Å². The van der Waals surface area contributed by atoms with E-state index in [9.17, 15) is 36.3 Å². The molecule has 196 valence electrons. The number of carboxylic acids is 1. The maximum atomic E-state index is 13.5. The zero-order chi connectivity index (χ0) is 27.2. The number of nitrogens with one attached hydrogen (secondary N) is 1. The number of hydrogen-bond acceptors (Lipinski definition) is 5. The van der Waals surface area contributed by atoms with E-state index < -0.39 is 45.9 Å². The van der Waals surface area contributed by atoms with Crippen molar-refractivity contribution >= 4 is 38.5 Å². The zero-order valence-corrected chi connectivity index (χ0v) is 21.0. The SMILES string of the molecule is O=C(O)[C@@H]1CSc2c(-c3cccc(C(F)(F)F)c3)c(CNS(=O)(=O)c3cccc4ccccc34)cc(=O)n21. The highest BCUT2D eigenvalue weighted by atomic mass is 32.2. The summed E-state index contributed by atoms with van der Waals surface area (Å²) in [7, 11) is -4.11. The van der Waals surface area contributed by atoms with Crippen molar-refractivity contribution in [3.05, 3.63) is 94.3 Å². The first-order valence-corrected chi connectivity index (χ1v) is 13.7. The first kappa shape index (κ1) is 26.0. The Hall–Kier alpha value is -3.61. The van der Waals surface area contributed by atoms with Crippen molar-refractivity contribution in [2.75, 3.05) is 5.75 Å². The van der Waals surface area contributed by atoms with E-state index in [0.717, 1.165) is 34.5 Å². The van der Waals surface area contributed by atoms with Crippen molar-refractivity contribution in [2.24, 2.45) is 0 Å². The van der Waals surface area contributed by atoms with Gasteiger partial charge in [0.25, 0.3) is 5.56 Å². The fourth-order valence-corrected chi connectivity index (χ4v) is 7.07. The summed E-state index contributed by atoms with van der Waals surface area (Å²) in [4.78, 5) is 24.7. The Bertz CT molecular complexity index is 1750. The number of aromatic nitrogens is 1. The van der Waals surface area contributed by atoms with Crippen LogP contribution in [0.1, 0.15) is 17.2 Å². The topological polar surface area (TPSA) is 105 Å². The summed E-state index contributed by atoms with van der Waals surface area (Å²) in [5.74, 6) is -1.25. The summed E-state index contributed by atoms with van der Waals surface area (Å²) < 4.78 is 70.5. The summed E-state index contributed by atoms with van der Waals surface area (Å²) in [6.07, 6.45) is -4.64. The van der Waals surface area contributed by atoms with Gasteiger partial charge < -0.3 is 5.11 Å². The molecule has 0 saturated heterocycles. The smallest absolute Gasteiger partial charge is 0.416 e. The molecule has 1 aliphatic heterocycles. The maximum absolute atomic E-state index is 13.5. The molecule has 38 heavy (non-hydrogen) atoms. The van der Waals surface area contributed by atoms with Gasteiger partial charge in [0, 0.05) is 29.3 Å². The second-order valence-corrected chi connectivity index (χ2v) is 11.3. The molecule has 0 amide bonds. The first-order chi connectivity index (χ1) is 18.0. The van der Waals surface area contributed by atoms with Crippen LogP contribution >= 0.6 is 11.8 Å². The number of alkyl halides is 3. The summed E-state index contributed by atoms with van der Waals surface area (Å²) in [6.45, 7) is -0.404. The Morgan fingerprint density at radius 2 is 1.76 bits per heavy atom. The lowest BCUT2D eigenvalue weighted by atomic mass is 9.99. The molecule has 2 heterocycles. The Morgan fingerprint density at radius 1 is 1.05 bits per heavy atom. The minimum Gasteiger partial charge on any atom is -0.480 e. The molecule has 4 aromatic rings. The summed E-state index contributed by atoms with van der Waals surface area (Å²) in [6, 6.07) is 16.0. The van der Waals surface area contributed by atoms with Gasteiger partial charge >= 0.3 is 12.1 Å². The number of hydrogen-bond donors (Lipinski definition) is 2. The van der Waals surface area contributed by atoms with Crippen molar-refractivity contribution in [3.8, 4) is 11.1 Å². The van der Waals surface area contributed by atoms with Gasteiger partial charge in [0.2, 0.25) is 10.0 Å². The number of rotatable bonds is 6. The lowest BCUT2D eigenvalue weighted by Crippen LogP contribution is -2.30. The molecular weight excluding hydrogens is 541 g/mol. The molecule has 0 bridgehead atoms. The molecule has 0 spiro atoms. The molecular formula is C26H19F3N2O5S2. The molecule has 1 atom stereocenters. The number of carboxylic acid groups (broad SMARTS) is 1. The van der Waals surface area contributed by atoms with E-state index in [1.54, 1.807) is 36.4 Å². The van der Waals surface area contributed by atoms with E-state index in [1.165, 1.54) is 18.2 Å². The lowest BCUT2D eigenvalue weighted by molar-refractivity contribution is -0.140. The fraction of sp³-hybridized carbons (Fsp3) is 0.154. The first-order valence-electron chi connectivity index (χ1n) is 11.3. The molecule has 5 rings (SSSR count). The maximum Gasteiger partial charge on any atom is 0.416 e. The van der Waals surface area contributed by atoms with E-state index in [1.807, 2.05) is 0 Å². The van der Waals surface area contributed by atoms with Crippen LogP contribution in [0.15, 0.2) is 87.5 Å². The van der Waals surface area contributed by atoms with Gasteiger partial charge in [-0.2, -0.15) is 13.2 Å². The van der Waals surface area contributed by atoms with E-state index in [2.05, 4.69) is 4.72 Å². The third-order valence-corrected chi connectivity index (χ3v) is 8.85. The Kier molecular flexibility index (Phi) is 6.58. The summed E-state index contributed by atoms with van der Waals surface area (Å²) >= 11 is 1.02. The van der Waals surface area contributed by atoms with Gasteiger partial charge in [-0.1, -0.05) is 48.5 Å². The van der Waals surface area contributed by atoms with Crippen LogP contribution in [0, 0.1) is 0 Å². The van der Waals surface area contributed by atoms with E-state index in [-0.39, 0.29) is 32.4 Å². The molecule has 0 fully saturated rings. The van der Waals surface area contributed by atoms with Gasteiger partial charge in [-0.3, -0.25) is 9.36 Å². The van der Waals surface area contributed by atoms with E-state index in [4.69, 9.17) is 0 Å². The minimum atomic E-state index is -4.64. The number of sulfonamides is 1. The number of benzene rings is 3. The second kappa shape index (κ2) is 9.61. The number of carbonyl (C=O) groups is 1. The quantitative estimate of drug-likeness (QED) is 0.348. The van der Waals surface area contributed by atoms with Crippen LogP contribution in [-0.2, 0) is 27.5 Å². The van der Waals surface area contributed by atoms with Gasteiger partial charge in [-0.25, -0.2) is 17.9 Å². The highest BCUT2D eigenvalue weighted by Gasteiger charge is 2.35. The normalized spacial score (nSPS) is 15.5. The average molecular weight is 561 g/mol. The lowest BCUT2D eigenvalue weighted by Gasteiger charge is -2.18. The van der Waals surface area contributed by atoms with Gasteiger partial charge in [0.05, 0.1) is 15.5 Å². The molecule has 3 aromatic carbocycles. The van der Waals surface area contributed by atoms with E-state index >= 15 is 0 Å². The molecule has 0 saturated carbocycles. The molecule has 7 nitrogen and oxygen atoms in total. The van der Waals surface area contributed by atoms with Crippen molar-refractivity contribution in [2.45, 2.75) is 28.7 Å². The fourth-order valence-electron chi connectivity index (χ4n) is 4.48. The van der Waals surface area contributed by atoms with Crippen LogP contribution in [-0.4, -0.2) is 29.8 Å². The third kappa shape index (κ3) is 4.70. The number of fused-ring (bicyclic) bond motifs is 2. The van der Waals surface area contributed by atoms with Crippen LogP contribution in [0.25, 0.3) is 21.9 Å². The monoisotopic (exact) mass is 560 g/mol. The average Bonchev–Trinajstić information content (AvgIpc) is 3.33. The predicted octanol–water partition coefficient (Wildman–Crippen LogP) is 4.90. The van der Waals surface area contributed by atoms with Gasteiger partial charge in [-0.15, -0.1) is 11.8 Å². The van der Waals surface area contributed by atoms with Crippen molar-refractivity contribution < 1.29 is 31.5 Å². The van der Waals surface area contributed by atoms with Gasteiger partial charge in [0.1, 0.15) is 6.04 Å². The number of aliphatic carboxylic acids is 1. The zero-order valence-electron chi connectivity index (χ0n) is 19.4. The molecule has 1 aliphatic rings. The standard InChI is InChI=1S/C26H19F3N2O5S2/c27-26(28,29)18-8-3-7-16(11-18)23-17(12-22(32)31-20(25(33)34)14-37-24(23)31)13-30-38(35,36)21-10-4-6-15-5-1-2-9-19(15)21/h1-12,20,30H,13-14H2,(H,33,34)/t20-/m0/s1. The van der Waals surface area contributed by atoms with Crippen LogP contribution in [0.2, 0.25) is 0 Å². The Morgan fingerprint density at radius 3 is 2.50 bits per heavy atom. The van der Waals surface area contributed by atoms with Crippen molar-refractivity contribution in [1.29, 1.82) is 0 Å². The minimum absolute atomic E-state index is 0.00171. The van der Waals surface area contributed by atoms with Gasteiger partial charge in [0.15, 0.2) is 0 Å². The molecule has 12 heteroatoms. The number of pyridine rings is 1. The van der Waals surface area contributed by atoms with Crippen LogP contribution in [0.5, 0.6) is 0 Å². The predicted molar refractivity (Wildman–Crippen MR) is 137 cm³/mol. The van der Waals surface area contributed by atoms with Crippen LogP contribution in [0.3, 0.4) is 0 Å². The highest BCUT2D eigenvalue weighted by molar-refractivity contribution is 7.99. The molecule has 0 unspecified atom stereocenters. The Balaban J connectivity index is 1.63. The van der Waals surface area contributed by atoms with Crippen molar-refractivity contribution in [3.63, 3.8) is 0 Å². The van der Waals surface area contributed by atoms with Crippen LogP contribution in [0.4, 0.5) is 13.2 Å². The largest absolute Gasteiger partial charge is 0.480 e. The number of nitrogens with zero attached hydrogens (tertiary/aromatic N) is 1. The molecule has 0 aliphatic carbocycles.